The van der Waals surface area contributed by atoms with E-state index in [2.05, 4.69) is 4.74 Å². The molecule has 0 heterocycles. The van der Waals surface area contributed by atoms with E-state index in [4.69, 9.17) is 5.11 Å². The lowest BCUT2D eigenvalue weighted by Gasteiger charge is -2.21. The highest BCUT2D eigenvalue weighted by Crippen LogP contribution is 2.02. The fourth-order valence-electron chi connectivity index (χ4n) is 1.00. The number of esters is 1. The van der Waals surface area contributed by atoms with Crippen molar-refractivity contribution in [1.29, 1.82) is 0 Å². The van der Waals surface area contributed by atoms with Crippen molar-refractivity contribution in [1.82, 2.24) is 4.90 Å². The monoisotopic (exact) mass is 231 g/mol. The Balaban J connectivity index is 4.06. The van der Waals surface area contributed by atoms with Gasteiger partial charge in [-0.2, -0.15) is 0 Å². The molecule has 1 amide bonds. The van der Waals surface area contributed by atoms with Crippen LogP contribution in [0.15, 0.2) is 0 Å². The number of amides is 1. The summed E-state index contributed by atoms with van der Waals surface area (Å²) < 4.78 is 4.65. The molecule has 0 bridgehead atoms. The molecule has 16 heavy (non-hydrogen) atoms. The van der Waals surface area contributed by atoms with Crippen molar-refractivity contribution in [3.8, 4) is 0 Å². The summed E-state index contributed by atoms with van der Waals surface area (Å²) in [7, 11) is 1.40. The highest BCUT2D eigenvalue weighted by Gasteiger charge is 2.21. The highest BCUT2D eigenvalue weighted by molar-refractivity contribution is 5.85. The van der Waals surface area contributed by atoms with Crippen LogP contribution in [0.25, 0.3) is 0 Å². The van der Waals surface area contributed by atoms with Gasteiger partial charge in [0.05, 0.1) is 13.0 Å². The molecule has 0 spiro atoms. The van der Waals surface area contributed by atoms with Gasteiger partial charge in [-0.25, -0.2) is 4.79 Å². The Morgan fingerprint density at radius 3 is 2.31 bits per heavy atom. The number of rotatable bonds is 6. The summed E-state index contributed by atoms with van der Waals surface area (Å²) in [6.45, 7) is 3.36. The van der Waals surface area contributed by atoms with Crippen LogP contribution in [0, 0.1) is 0 Å². The minimum Gasteiger partial charge on any atom is -0.480 e. The van der Waals surface area contributed by atoms with Gasteiger partial charge >= 0.3 is 11.9 Å². The molecule has 0 rings (SSSR count). The van der Waals surface area contributed by atoms with Gasteiger partial charge in [-0.05, 0) is 13.8 Å². The molecule has 0 fully saturated rings. The van der Waals surface area contributed by atoms with E-state index in [-0.39, 0.29) is 25.4 Å². The van der Waals surface area contributed by atoms with E-state index in [9.17, 15) is 14.4 Å². The Hall–Kier alpha value is -1.59. The van der Waals surface area contributed by atoms with E-state index >= 15 is 0 Å². The first-order chi connectivity index (χ1) is 7.40. The lowest BCUT2D eigenvalue weighted by atomic mass is 10.2. The number of aliphatic carboxylic acids is 1. The fraction of sp³-hybridized carbons (Fsp3) is 0.700. The Bertz CT molecular complexity index is 276. The molecule has 6 heteroatoms. The van der Waals surface area contributed by atoms with Crippen molar-refractivity contribution in [2.45, 2.75) is 32.7 Å². The van der Waals surface area contributed by atoms with Gasteiger partial charge in [0.25, 0.3) is 0 Å². The first-order valence-electron chi connectivity index (χ1n) is 5.04. The Morgan fingerprint density at radius 2 is 1.88 bits per heavy atom. The third-order valence-corrected chi connectivity index (χ3v) is 2.18. The van der Waals surface area contributed by atoms with Gasteiger partial charge < -0.3 is 14.7 Å². The summed E-state index contributed by atoms with van der Waals surface area (Å²) in [5.41, 5.74) is 0. The van der Waals surface area contributed by atoms with Crippen LogP contribution in [0.5, 0.6) is 0 Å². The maximum atomic E-state index is 11.5. The zero-order valence-corrected chi connectivity index (χ0v) is 9.73. The quantitative estimate of drug-likeness (QED) is 0.663. The van der Waals surface area contributed by atoms with Crippen molar-refractivity contribution in [2.24, 2.45) is 0 Å². The summed E-state index contributed by atoms with van der Waals surface area (Å²) in [4.78, 5) is 34.1. The largest absolute Gasteiger partial charge is 0.480 e. The number of carbonyl (C=O) groups excluding carboxylic acids is 2. The molecule has 1 N–H and O–H groups in total. The van der Waals surface area contributed by atoms with Crippen LogP contribution in [-0.4, -0.2) is 47.5 Å². The Labute approximate surface area is 94.2 Å². The predicted molar refractivity (Wildman–Crippen MR) is 55.7 cm³/mol. The van der Waals surface area contributed by atoms with E-state index in [1.165, 1.54) is 14.0 Å². The molecule has 0 saturated heterocycles. The molecule has 0 aromatic rings. The molecular formula is C10H17NO5. The molecular weight excluding hydrogens is 214 g/mol. The molecule has 1 unspecified atom stereocenters. The van der Waals surface area contributed by atoms with E-state index in [1.807, 2.05) is 0 Å². The van der Waals surface area contributed by atoms with Gasteiger partial charge in [0.1, 0.15) is 6.04 Å². The van der Waals surface area contributed by atoms with Gasteiger partial charge in [-0.15, -0.1) is 0 Å². The summed E-state index contributed by atoms with van der Waals surface area (Å²) in [6, 6.07) is -0.894. The second-order valence-electron chi connectivity index (χ2n) is 3.32. The van der Waals surface area contributed by atoms with Crippen molar-refractivity contribution < 1.29 is 24.2 Å². The first-order valence-corrected chi connectivity index (χ1v) is 5.04. The number of hydrogen-bond donors (Lipinski definition) is 1. The maximum absolute atomic E-state index is 11.5. The normalized spacial score (nSPS) is 11.7. The number of carboxylic acids is 1. The number of carbonyl (C=O) groups is 3. The van der Waals surface area contributed by atoms with Crippen LogP contribution in [-0.2, 0) is 19.1 Å². The van der Waals surface area contributed by atoms with Crippen LogP contribution in [0.3, 0.4) is 0 Å². The Morgan fingerprint density at radius 1 is 1.31 bits per heavy atom. The average Bonchev–Trinajstić information content (AvgIpc) is 2.24. The van der Waals surface area contributed by atoms with Gasteiger partial charge in [-0.1, -0.05) is 0 Å². The third-order valence-electron chi connectivity index (χ3n) is 2.18. The summed E-state index contributed by atoms with van der Waals surface area (Å²) in [5, 5.41) is 8.68. The van der Waals surface area contributed by atoms with E-state index in [0.717, 1.165) is 4.90 Å². The molecule has 0 aromatic heterocycles. The van der Waals surface area contributed by atoms with Gasteiger partial charge in [0.2, 0.25) is 5.91 Å². The zero-order valence-electron chi connectivity index (χ0n) is 9.73. The van der Waals surface area contributed by atoms with E-state index < -0.39 is 18.0 Å². The van der Waals surface area contributed by atoms with Crippen LogP contribution >= 0.6 is 0 Å². The number of likely N-dealkylation sites (N-methyl/N-ethyl adjacent to an activating group) is 1. The summed E-state index contributed by atoms with van der Waals surface area (Å²) in [5.74, 6) is -1.91. The second kappa shape index (κ2) is 6.81. The second-order valence-corrected chi connectivity index (χ2v) is 3.32. The third kappa shape index (κ3) is 4.77. The molecule has 0 aliphatic rings. The number of carboxylic acid groups (broad SMARTS) is 1. The smallest absolute Gasteiger partial charge is 0.326 e. The summed E-state index contributed by atoms with van der Waals surface area (Å²) >= 11 is 0. The number of ether oxygens (including phenoxy) is 1. The SMILES string of the molecule is CCOC(=O)CCC(=O)N(C)C(C)C(=O)O. The summed E-state index contributed by atoms with van der Waals surface area (Å²) in [6.07, 6.45) is -0.0592. The lowest BCUT2D eigenvalue weighted by molar-refractivity contribution is -0.149. The first kappa shape index (κ1) is 14.4. The minimum absolute atomic E-state index is 0.0245. The maximum Gasteiger partial charge on any atom is 0.326 e. The fourth-order valence-corrected chi connectivity index (χ4v) is 1.00. The number of hydrogen-bond acceptors (Lipinski definition) is 4. The number of nitrogens with zero attached hydrogens (tertiary/aromatic N) is 1. The van der Waals surface area contributed by atoms with Crippen LogP contribution < -0.4 is 0 Å². The molecule has 0 aromatic carbocycles. The lowest BCUT2D eigenvalue weighted by Crippen LogP contribution is -2.40. The van der Waals surface area contributed by atoms with Crippen LogP contribution in [0.2, 0.25) is 0 Å². The minimum atomic E-state index is -1.08. The van der Waals surface area contributed by atoms with Gasteiger partial charge in [-0.3, -0.25) is 9.59 Å². The van der Waals surface area contributed by atoms with Crippen LogP contribution in [0.4, 0.5) is 0 Å². The van der Waals surface area contributed by atoms with E-state index in [1.54, 1.807) is 6.92 Å². The van der Waals surface area contributed by atoms with Gasteiger partial charge in [0.15, 0.2) is 0 Å². The molecule has 92 valence electrons. The molecule has 0 aliphatic heterocycles. The molecule has 0 radical (unpaired) electrons. The van der Waals surface area contributed by atoms with Crippen molar-refractivity contribution in [3.63, 3.8) is 0 Å². The van der Waals surface area contributed by atoms with Crippen LogP contribution in [0.1, 0.15) is 26.7 Å². The topological polar surface area (TPSA) is 83.9 Å². The Kier molecular flexibility index (Phi) is 6.14. The average molecular weight is 231 g/mol. The van der Waals surface area contributed by atoms with Gasteiger partial charge in [0, 0.05) is 13.5 Å². The van der Waals surface area contributed by atoms with Crippen molar-refractivity contribution in [3.05, 3.63) is 0 Å². The highest BCUT2D eigenvalue weighted by atomic mass is 16.5. The van der Waals surface area contributed by atoms with Crippen molar-refractivity contribution >= 4 is 17.8 Å². The predicted octanol–water partition coefficient (Wildman–Crippen LogP) is 0.261. The molecule has 0 aliphatic carbocycles. The van der Waals surface area contributed by atoms with Crippen molar-refractivity contribution in [2.75, 3.05) is 13.7 Å². The molecule has 0 saturated carbocycles. The molecule has 1 atom stereocenters. The zero-order chi connectivity index (χ0) is 12.7. The standard InChI is InChI=1S/C10H17NO5/c1-4-16-9(13)6-5-8(12)11(3)7(2)10(14)15/h7H,4-6H2,1-3H3,(H,14,15). The van der Waals surface area contributed by atoms with E-state index in [0.29, 0.717) is 0 Å². The molecule has 6 nitrogen and oxygen atoms in total.